The molecule has 0 amide bonds. The fourth-order valence-corrected chi connectivity index (χ4v) is 3.89. The van der Waals surface area contributed by atoms with E-state index in [1.165, 1.54) is 0 Å². The van der Waals surface area contributed by atoms with E-state index >= 15 is 0 Å². The van der Waals surface area contributed by atoms with E-state index in [4.69, 9.17) is 4.74 Å². The van der Waals surface area contributed by atoms with Gasteiger partial charge in [-0.2, -0.15) is 5.10 Å². The van der Waals surface area contributed by atoms with Crippen LogP contribution in [0.15, 0.2) is 42.7 Å². The molecule has 1 aromatic carbocycles. The molecule has 0 bridgehead atoms. The smallest absolute Gasteiger partial charge is 0.307 e. The maximum absolute atomic E-state index is 11.8. The predicted molar refractivity (Wildman–Crippen MR) is 91.5 cm³/mol. The Kier molecular flexibility index (Phi) is 6.14. The van der Waals surface area contributed by atoms with E-state index in [1.807, 2.05) is 50.4 Å². The molecule has 0 unspecified atom stereocenters. The van der Waals surface area contributed by atoms with Gasteiger partial charge in [0.25, 0.3) is 0 Å². The fourth-order valence-electron chi connectivity index (χ4n) is 2.23. The third-order valence-electron chi connectivity index (χ3n) is 3.31. The monoisotopic (exact) mass is 350 g/mol. The summed E-state index contributed by atoms with van der Waals surface area (Å²) in [5.41, 5.74) is 1.75. The van der Waals surface area contributed by atoms with E-state index in [2.05, 4.69) is 5.10 Å². The molecule has 0 N–H and O–H groups in total. The van der Waals surface area contributed by atoms with Gasteiger partial charge in [0.05, 0.1) is 23.6 Å². The van der Waals surface area contributed by atoms with Crippen LogP contribution in [0, 0.1) is 5.92 Å². The van der Waals surface area contributed by atoms with Gasteiger partial charge in [-0.15, -0.1) is 0 Å². The molecule has 0 radical (unpaired) electrons. The lowest BCUT2D eigenvalue weighted by atomic mass is 10.2. The molecule has 24 heavy (non-hydrogen) atoms. The summed E-state index contributed by atoms with van der Waals surface area (Å²) >= 11 is 0. The average molecular weight is 350 g/mol. The zero-order valence-corrected chi connectivity index (χ0v) is 14.7. The minimum Gasteiger partial charge on any atom is -0.461 e. The number of carbonyl (C=O) groups excluding carboxylic acids is 1. The van der Waals surface area contributed by atoms with Crippen molar-refractivity contribution in [2.45, 2.75) is 26.9 Å². The molecule has 6 nitrogen and oxygen atoms in total. The van der Waals surface area contributed by atoms with Crippen LogP contribution in [0.25, 0.3) is 5.69 Å². The fraction of sp³-hybridized carbons (Fsp3) is 0.412. The first-order valence-electron chi connectivity index (χ1n) is 7.81. The summed E-state index contributed by atoms with van der Waals surface area (Å²) in [6.45, 7) is 3.80. The number of hydrogen-bond donors (Lipinski definition) is 0. The molecule has 0 aliphatic heterocycles. The minimum atomic E-state index is -3.20. The number of esters is 1. The SMILES string of the molecule is CC(C)CS(=O)(=O)CCC(=O)OCc1ccc(-n2cccn2)cc1. The number of sulfone groups is 1. The van der Waals surface area contributed by atoms with E-state index in [1.54, 1.807) is 10.9 Å². The van der Waals surface area contributed by atoms with E-state index in [0.29, 0.717) is 0 Å². The Morgan fingerprint density at radius 2 is 1.96 bits per heavy atom. The van der Waals surface area contributed by atoms with Crippen LogP contribution in [0.1, 0.15) is 25.8 Å². The second kappa shape index (κ2) is 8.10. The highest BCUT2D eigenvalue weighted by Gasteiger charge is 2.16. The van der Waals surface area contributed by atoms with Crippen molar-refractivity contribution in [1.82, 2.24) is 9.78 Å². The summed E-state index contributed by atoms with van der Waals surface area (Å²) in [5.74, 6) is -0.518. The van der Waals surface area contributed by atoms with E-state index < -0.39 is 15.8 Å². The van der Waals surface area contributed by atoms with Crippen molar-refractivity contribution >= 4 is 15.8 Å². The minimum absolute atomic E-state index is 0.0549. The summed E-state index contributed by atoms with van der Waals surface area (Å²) in [4.78, 5) is 11.7. The summed E-state index contributed by atoms with van der Waals surface area (Å²) < 4.78 is 30.4. The van der Waals surface area contributed by atoms with Crippen molar-refractivity contribution in [1.29, 1.82) is 0 Å². The largest absolute Gasteiger partial charge is 0.461 e. The first-order chi connectivity index (χ1) is 11.4. The molecule has 0 aliphatic rings. The van der Waals surface area contributed by atoms with Crippen molar-refractivity contribution in [3.63, 3.8) is 0 Å². The van der Waals surface area contributed by atoms with Crippen molar-refractivity contribution < 1.29 is 17.9 Å². The van der Waals surface area contributed by atoms with Crippen molar-refractivity contribution in [3.05, 3.63) is 48.3 Å². The number of rotatable bonds is 8. The predicted octanol–water partition coefficient (Wildman–Crippen LogP) is 2.38. The van der Waals surface area contributed by atoms with Gasteiger partial charge >= 0.3 is 5.97 Å². The van der Waals surface area contributed by atoms with Crippen LogP contribution in [0.3, 0.4) is 0 Å². The highest BCUT2D eigenvalue weighted by atomic mass is 32.2. The van der Waals surface area contributed by atoms with Gasteiger partial charge in [0.1, 0.15) is 6.61 Å². The Balaban J connectivity index is 1.79. The van der Waals surface area contributed by atoms with Crippen molar-refractivity contribution in [3.8, 4) is 5.69 Å². The molecule has 0 spiro atoms. The van der Waals surface area contributed by atoms with Crippen LogP contribution in [0.5, 0.6) is 0 Å². The molecule has 0 saturated heterocycles. The maximum atomic E-state index is 11.8. The standard InChI is InChI=1S/C17H22N2O4S/c1-14(2)13-24(21,22)11-8-17(20)23-12-15-4-6-16(7-5-15)19-10-3-9-18-19/h3-7,9-10,14H,8,11-13H2,1-2H3. The van der Waals surface area contributed by atoms with Crippen LogP contribution >= 0.6 is 0 Å². The number of carbonyl (C=O) groups is 1. The van der Waals surface area contributed by atoms with Gasteiger partial charge in [-0.05, 0) is 29.7 Å². The number of aromatic nitrogens is 2. The summed E-state index contributed by atoms with van der Waals surface area (Å²) in [6, 6.07) is 9.29. The molecular weight excluding hydrogens is 328 g/mol. The lowest BCUT2D eigenvalue weighted by molar-refractivity contribution is -0.144. The van der Waals surface area contributed by atoms with Crippen LogP contribution < -0.4 is 0 Å². The zero-order valence-electron chi connectivity index (χ0n) is 13.9. The average Bonchev–Trinajstić information content (AvgIpc) is 3.05. The lowest BCUT2D eigenvalue weighted by Crippen LogP contribution is -2.18. The first kappa shape index (κ1) is 18.2. The summed E-state index contributed by atoms with van der Waals surface area (Å²) in [5, 5.41) is 4.13. The number of ether oxygens (including phenoxy) is 1. The Morgan fingerprint density at radius 3 is 2.54 bits per heavy atom. The maximum Gasteiger partial charge on any atom is 0.307 e. The van der Waals surface area contributed by atoms with Gasteiger partial charge in [0.15, 0.2) is 9.84 Å². The number of benzene rings is 1. The van der Waals surface area contributed by atoms with Crippen LogP contribution in [0.4, 0.5) is 0 Å². The molecule has 0 fully saturated rings. The lowest BCUT2D eigenvalue weighted by Gasteiger charge is -2.08. The normalized spacial score (nSPS) is 11.6. The molecule has 1 aromatic heterocycles. The molecule has 7 heteroatoms. The molecule has 2 rings (SSSR count). The Morgan fingerprint density at radius 1 is 1.25 bits per heavy atom. The van der Waals surface area contributed by atoms with Crippen LogP contribution in [-0.2, 0) is 26.0 Å². The number of hydrogen-bond acceptors (Lipinski definition) is 5. The van der Waals surface area contributed by atoms with E-state index in [0.717, 1.165) is 11.3 Å². The van der Waals surface area contributed by atoms with E-state index in [9.17, 15) is 13.2 Å². The van der Waals surface area contributed by atoms with Gasteiger partial charge in [0, 0.05) is 12.4 Å². The highest BCUT2D eigenvalue weighted by Crippen LogP contribution is 2.10. The van der Waals surface area contributed by atoms with E-state index in [-0.39, 0.29) is 30.5 Å². The quantitative estimate of drug-likeness (QED) is 0.683. The third-order valence-corrected chi connectivity index (χ3v) is 5.31. The molecular formula is C17H22N2O4S. The Labute approximate surface area is 142 Å². The van der Waals surface area contributed by atoms with Gasteiger partial charge in [-0.3, -0.25) is 4.79 Å². The summed E-state index contributed by atoms with van der Waals surface area (Å²) in [7, 11) is -3.20. The highest BCUT2D eigenvalue weighted by molar-refractivity contribution is 7.91. The molecule has 0 atom stereocenters. The Bertz CT molecular complexity index is 750. The second-order valence-corrected chi connectivity index (χ2v) is 8.26. The topological polar surface area (TPSA) is 78.3 Å². The van der Waals surface area contributed by atoms with Crippen LogP contribution in [0.2, 0.25) is 0 Å². The zero-order chi connectivity index (χ0) is 17.6. The third kappa shape index (κ3) is 5.81. The van der Waals surface area contributed by atoms with Gasteiger partial charge < -0.3 is 4.74 Å². The first-order valence-corrected chi connectivity index (χ1v) is 9.63. The molecule has 1 heterocycles. The van der Waals surface area contributed by atoms with Crippen molar-refractivity contribution in [2.24, 2.45) is 5.92 Å². The van der Waals surface area contributed by atoms with Gasteiger partial charge in [-0.25, -0.2) is 13.1 Å². The summed E-state index contributed by atoms with van der Waals surface area (Å²) in [6.07, 6.45) is 3.43. The molecule has 0 aliphatic carbocycles. The van der Waals surface area contributed by atoms with Gasteiger partial charge in [0.2, 0.25) is 0 Å². The Hall–Kier alpha value is -2.15. The van der Waals surface area contributed by atoms with Gasteiger partial charge in [-0.1, -0.05) is 26.0 Å². The van der Waals surface area contributed by atoms with Crippen molar-refractivity contribution in [2.75, 3.05) is 11.5 Å². The molecule has 2 aromatic rings. The molecule has 130 valence electrons. The van der Waals surface area contributed by atoms with Crippen LogP contribution in [-0.4, -0.2) is 35.7 Å². The second-order valence-electron chi connectivity index (χ2n) is 6.04. The molecule has 0 saturated carbocycles. The number of nitrogens with zero attached hydrogens (tertiary/aromatic N) is 2.